The molecule has 39 heavy (non-hydrogen) atoms. The average molecular weight is 578 g/mol. The number of carboxylic acid groups (broad SMARTS) is 2. The molecule has 0 aromatic carbocycles. The van der Waals surface area contributed by atoms with E-state index in [-0.39, 0.29) is 45.8 Å². The van der Waals surface area contributed by atoms with E-state index in [1.54, 1.807) is 0 Å². The van der Waals surface area contributed by atoms with Gasteiger partial charge in [0.05, 0.1) is 12.0 Å². The number of aromatic nitrogens is 3. The van der Waals surface area contributed by atoms with Crippen molar-refractivity contribution in [3.63, 3.8) is 0 Å². The number of fused-ring (bicyclic) bond motifs is 1. The van der Waals surface area contributed by atoms with Gasteiger partial charge in [0, 0.05) is 34.5 Å². The van der Waals surface area contributed by atoms with Gasteiger partial charge in [-0.05, 0) is 0 Å². The molecule has 2 aliphatic heterocycles. The van der Waals surface area contributed by atoms with Crippen LogP contribution in [0.2, 0.25) is 0 Å². The van der Waals surface area contributed by atoms with Crippen molar-refractivity contribution in [2.45, 2.75) is 24.4 Å². The molecule has 0 radical (unpaired) electrons. The fraction of sp³-hybridized carbons (Fsp3) is 0.286. The molecule has 2 aliphatic rings. The standard InChI is InChI=1S/C21H20N8O8S2/c1-37-26-12(16-25-21(23)39-27-16)17(33)24-13-18(34)29-14(20(35)36)9(7-38-19(13)29)6-28-3-2-10(15(22)32)8(5-28)4-11(30)31/h2-3,5,13,19H,4,6-7H2,1H3,(H6-,22,23,24,25,27,30,31,32,33,35,36)/p+1/b26-12-/t13-,19-/m1/s1. The number of nitrogens with one attached hydrogen (secondary N) is 1. The van der Waals surface area contributed by atoms with Gasteiger partial charge in [-0.25, -0.2) is 9.36 Å². The van der Waals surface area contributed by atoms with E-state index in [9.17, 15) is 29.1 Å². The van der Waals surface area contributed by atoms with Crippen LogP contribution < -0.4 is 21.4 Å². The van der Waals surface area contributed by atoms with Crippen molar-refractivity contribution in [1.29, 1.82) is 0 Å². The normalized spacial score (nSPS) is 18.7. The lowest BCUT2D eigenvalue weighted by molar-refractivity contribution is -0.689. The molecule has 0 saturated carbocycles. The van der Waals surface area contributed by atoms with Crippen molar-refractivity contribution >= 4 is 63.8 Å². The zero-order valence-corrected chi connectivity index (χ0v) is 21.7. The van der Waals surface area contributed by atoms with E-state index in [4.69, 9.17) is 16.6 Å². The smallest absolute Gasteiger partial charge is 0.352 e. The van der Waals surface area contributed by atoms with Crippen LogP contribution in [0.3, 0.4) is 0 Å². The van der Waals surface area contributed by atoms with Crippen LogP contribution in [0.4, 0.5) is 5.13 Å². The second-order valence-electron chi connectivity index (χ2n) is 8.19. The number of nitrogens with zero attached hydrogens (tertiary/aromatic N) is 5. The van der Waals surface area contributed by atoms with Crippen molar-refractivity contribution in [3.8, 4) is 0 Å². The number of thioether (sulfide) groups is 1. The number of β-lactam (4-membered cyclic amide) rings is 1. The van der Waals surface area contributed by atoms with E-state index in [0.29, 0.717) is 5.57 Å². The molecule has 0 spiro atoms. The molecule has 1 saturated heterocycles. The number of oxime groups is 1. The Kier molecular flexibility index (Phi) is 7.77. The Morgan fingerprint density at radius 3 is 2.67 bits per heavy atom. The Morgan fingerprint density at radius 2 is 2.08 bits per heavy atom. The number of nitrogens with two attached hydrogens (primary N) is 2. The van der Waals surface area contributed by atoms with E-state index in [2.05, 4.69) is 24.7 Å². The summed E-state index contributed by atoms with van der Waals surface area (Å²) in [7, 11) is 1.21. The quantitative estimate of drug-likeness (QED) is 0.0884. The molecule has 4 heterocycles. The third-order valence-corrected chi connectivity index (χ3v) is 7.55. The van der Waals surface area contributed by atoms with Gasteiger partial charge in [0.25, 0.3) is 11.8 Å². The van der Waals surface area contributed by atoms with Gasteiger partial charge in [-0.2, -0.15) is 9.36 Å². The number of nitrogen functional groups attached to an aromatic ring is 1. The first-order valence-corrected chi connectivity index (χ1v) is 12.8. The summed E-state index contributed by atoms with van der Waals surface area (Å²) in [5, 5.41) is 24.6. The number of amides is 3. The minimum atomic E-state index is -1.35. The summed E-state index contributed by atoms with van der Waals surface area (Å²) in [6.07, 6.45) is 2.39. The molecule has 2 aromatic heterocycles. The number of carbonyl (C=O) groups is 5. The Hall–Kier alpha value is -4.58. The zero-order chi connectivity index (χ0) is 28.4. The first kappa shape index (κ1) is 27.5. The van der Waals surface area contributed by atoms with Crippen LogP contribution in [0, 0.1) is 0 Å². The monoisotopic (exact) mass is 577 g/mol. The Balaban J connectivity index is 1.56. The maximum Gasteiger partial charge on any atom is 0.352 e. The predicted octanol–water partition coefficient (Wildman–Crippen LogP) is -2.08. The number of pyridine rings is 1. The predicted molar refractivity (Wildman–Crippen MR) is 134 cm³/mol. The largest absolute Gasteiger partial charge is 0.481 e. The lowest BCUT2D eigenvalue weighted by Crippen LogP contribution is -2.71. The van der Waals surface area contributed by atoms with Gasteiger partial charge < -0.3 is 31.8 Å². The second-order valence-corrected chi connectivity index (χ2v) is 10.1. The third-order valence-electron chi connectivity index (χ3n) is 5.67. The SMILES string of the molecule is CO/N=C(\C(=O)N[C@@H]1C(=O)N2C(C(=O)O)=C(C[n+]3ccc(C(N)=O)c(CC(=O)O)c3)CS[C@H]12)c1nsc(N)n1. The topological polar surface area (TPSA) is 244 Å². The van der Waals surface area contributed by atoms with Gasteiger partial charge in [0.1, 0.15) is 24.2 Å². The van der Waals surface area contributed by atoms with Gasteiger partial charge in [-0.15, -0.1) is 11.8 Å². The van der Waals surface area contributed by atoms with E-state index in [0.717, 1.165) is 16.4 Å². The maximum atomic E-state index is 13.0. The fourth-order valence-electron chi connectivity index (χ4n) is 4.07. The number of primary amides is 1. The molecule has 204 valence electrons. The minimum Gasteiger partial charge on any atom is -0.481 e. The maximum absolute atomic E-state index is 13.0. The highest BCUT2D eigenvalue weighted by atomic mass is 32.2. The molecule has 3 amide bonds. The lowest BCUT2D eigenvalue weighted by atomic mass is 10.0. The molecule has 4 rings (SSSR count). The number of carbonyl (C=O) groups excluding carboxylic acids is 3. The highest BCUT2D eigenvalue weighted by molar-refractivity contribution is 8.00. The molecular formula is C21H21N8O8S2+. The van der Waals surface area contributed by atoms with E-state index >= 15 is 0 Å². The summed E-state index contributed by atoms with van der Waals surface area (Å²) in [5.74, 6) is -4.70. The first-order valence-electron chi connectivity index (χ1n) is 11.0. The number of hydrogen-bond donors (Lipinski definition) is 5. The van der Waals surface area contributed by atoms with Crippen molar-refractivity contribution < 1.29 is 43.6 Å². The van der Waals surface area contributed by atoms with Gasteiger partial charge in [0.15, 0.2) is 24.1 Å². The van der Waals surface area contributed by atoms with Crippen LogP contribution in [-0.2, 0) is 37.0 Å². The summed E-state index contributed by atoms with van der Waals surface area (Å²) in [6, 6.07) is 0.297. The number of carboxylic acids is 2. The molecule has 2 aromatic rings. The highest BCUT2D eigenvalue weighted by Gasteiger charge is 2.55. The molecule has 18 heteroatoms. The Labute approximate surface area is 227 Å². The lowest BCUT2D eigenvalue weighted by Gasteiger charge is -2.49. The average Bonchev–Trinajstić information content (AvgIpc) is 3.30. The summed E-state index contributed by atoms with van der Waals surface area (Å²) in [5.41, 5.74) is 10.9. The highest BCUT2D eigenvalue weighted by Crippen LogP contribution is 2.40. The zero-order valence-electron chi connectivity index (χ0n) is 20.1. The molecule has 7 N–H and O–H groups in total. The Bertz CT molecular complexity index is 1460. The van der Waals surface area contributed by atoms with Gasteiger partial charge in [0.2, 0.25) is 17.4 Å². The molecule has 16 nitrogen and oxygen atoms in total. The fourth-order valence-corrected chi connectivity index (χ4v) is 5.84. The molecule has 2 atom stereocenters. The van der Waals surface area contributed by atoms with Crippen molar-refractivity contribution in [1.82, 2.24) is 19.6 Å². The number of aliphatic carboxylic acids is 2. The van der Waals surface area contributed by atoms with E-state index in [1.807, 2.05) is 0 Å². The first-order chi connectivity index (χ1) is 18.5. The van der Waals surface area contributed by atoms with Crippen molar-refractivity contribution in [2.75, 3.05) is 18.6 Å². The number of hydrogen-bond acceptors (Lipinski definition) is 12. The van der Waals surface area contributed by atoms with Crippen LogP contribution in [0.25, 0.3) is 0 Å². The minimum absolute atomic E-state index is 0.00458. The van der Waals surface area contributed by atoms with Crippen molar-refractivity contribution in [3.05, 3.63) is 46.7 Å². The summed E-state index contributed by atoms with van der Waals surface area (Å²) in [4.78, 5) is 70.6. The Morgan fingerprint density at radius 1 is 1.33 bits per heavy atom. The molecule has 0 aliphatic carbocycles. The van der Waals surface area contributed by atoms with Crippen LogP contribution in [-0.4, -0.2) is 84.1 Å². The van der Waals surface area contributed by atoms with Crippen molar-refractivity contribution in [2.24, 2.45) is 10.9 Å². The van der Waals surface area contributed by atoms with Gasteiger partial charge >= 0.3 is 11.9 Å². The van der Waals surface area contributed by atoms with Gasteiger partial charge in [-0.1, -0.05) is 5.16 Å². The molecule has 0 unspecified atom stereocenters. The number of rotatable bonds is 10. The second kappa shape index (κ2) is 11.0. The summed E-state index contributed by atoms with van der Waals surface area (Å²) >= 11 is 2.07. The van der Waals surface area contributed by atoms with Crippen LogP contribution in [0.1, 0.15) is 21.7 Å². The van der Waals surface area contributed by atoms with Gasteiger partial charge in [-0.3, -0.25) is 24.1 Å². The summed E-state index contributed by atoms with van der Waals surface area (Å²) in [6.45, 7) is -0.00458. The third kappa shape index (κ3) is 5.50. The van der Waals surface area contributed by atoms with E-state index in [1.165, 1.54) is 41.9 Å². The molecular weight excluding hydrogens is 556 g/mol. The van der Waals surface area contributed by atoms with Crippen LogP contribution >= 0.6 is 23.3 Å². The summed E-state index contributed by atoms with van der Waals surface area (Å²) < 4.78 is 5.42. The molecule has 1 fully saturated rings. The molecule has 0 bridgehead atoms. The van der Waals surface area contributed by atoms with Crippen LogP contribution in [0.15, 0.2) is 34.9 Å². The van der Waals surface area contributed by atoms with Crippen LogP contribution in [0.5, 0.6) is 0 Å². The van der Waals surface area contributed by atoms with E-state index < -0.39 is 47.5 Å². The number of anilines is 1.